The third-order valence-electron chi connectivity index (χ3n) is 4.91. The SMILES string of the molecule is Nc1c(Nc2ccccc2F)ncnc1N1CCN(Cc2ccccc2)CC1. The average Bonchev–Trinajstić information content (AvgIpc) is 2.73. The summed E-state index contributed by atoms with van der Waals surface area (Å²) < 4.78 is 13.9. The minimum absolute atomic E-state index is 0.339. The fourth-order valence-electron chi connectivity index (χ4n) is 3.39. The lowest BCUT2D eigenvalue weighted by molar-refractivity contribution is 0.249. The van der Waals surface area contributed by atoms with Gasteiger partial charge in [0.05, 0.1) is 5.69 Å². The molecule has 2 heterocycles. The van der Waals surface area contributed by atoms with Gasteiger partial charge >= 0.3 is 0 Å². The van der Waals surface area contributed by atoms with E-state index in [0.717, 1.165) is 32.7 Å². The first-order valence-electron chi connectivity index (χ1n) is 9.34. The molecule has 1 aliphatic rings. The molecular formula is C21H23FN6. The maximum atomic E-state index is 13.9. The predicted octanol–water partition coefficient (Wildman–Crippen LogP) is 3.26. The standard InChI is InChI=1S/C21H23FN6/c22-17-8-4-5-9-18(17)26-20-19(23)21(25-15-24-20)28-12-10-27(11-13-28)14-16-6-2-1-3-7-16/h1-9,15H,10-14,23H2,(H,24,25,26). The Morgan fingerprint density at radius 2 is 1.64 bits per heavy atom. The lowest BCUT2D eigenvalue weighted by atomic mass is 10.2. The van der Waals surface area contributed by atoms with Crippen LogP contribution < -0.4 is 16.0 Å². The highest BCUT2D eigenvalue weighted by atomic mass is 19.1. The minimum Gasteiger partial charge on any atom is -0.393 e. The van der Waals surface area contributed by atoms with Crippen LogP contribution in [-0.4, -0.2) is 41.0 Å². The first-order valence-corrected chi connectivity index (χ1v) is 9.34. The molecule has 1 aliphatic heterocycles. The predicted molar refractivity (Wildman–Crippen MR) is 110 cm³/mol. The Bertz CT molecular complexity index is 925. The van der Waals surface area contributed by atoms with Crippen molar-refractivity contribution in [3.8, 4) is 0 Å². The molecule has 2 aromatic carbocycles. The van der Waals surface area contributed by atoms with Crippen molar-refractivity contribution in [3.63, 3.8) is 0 Å². The Hall–Kier alpha value is -3.19. The number of benzene rings is 2. The highest BCUT2D eigenvalue weighted by Crippen LogP contribution is 2.29. The zero-order valence-corrected chi connectivity index (χ0v) is 15.6. The number of hydrogen-bond donors (Lipinski definition) is 2. The Kier molecular flexibility index (Phi) is 5.34. The average molecular weight is 378 g/mol. The van der Waals surface area contributed by atoms with Gasteiger partial charge in [0.25, 0.3) is 0 Å². The first kappa shape index (κ1) is 18.2. The van der Waals surface area contributed by atoms with Crippen molar-refractivity contribution < 1.29 is 4.39 Å². The molecule has 0 bridgehead atoms. The molecule has 3 N–H and O–H groups in total. The van der Waals surface area contributed by atoms with E-state index >= 15 is 0 Å². The van der Waals surface area contributed by atoms with Crippen LogP contribution in [0.1, 0.15) is 5.56 Å². The smallest absolute Gasteiger partial charge is 0.159 e. The Balaban J connectivity index is 1.43. The zero-order valence-electron chi connectivity index (χ0n) is 15.6. The first-order chi connectivity index (χ1) is 13.7. The van der Waals surface area contributed by atoms with Gasteiger partial charge in [-0.05, 0) is 17.7 Å². The molecule has 1 fully saturated rings. The van der Waals surface area contributed by atoms with E-state index in [0.29, 0.717) is 23.0 Å². The fourth-order valence-corrected chi connectivity index (χ4v) is 3.39. The van der Waals surface area contributed by atoms with Crippen LogP contribution in [0.15, 0.2) is 60.9 Å². The summed E-state index contributed by atoms with van der Waals surface area (Å²) in [6, 6.07) is 16.9. The molecule has 28 heavy (non-hydrogen) atoms. The van der Waals surface area contributed by atoms with Crippen LogP contribution in [0.2, 0.25) is 0 Å². The van der Waals surface area contributed by atoms with Gasteiger partial charge in [-0.3, -0.25) is 4.90 Å². The van der Waals surface area contributed by atoms with Crippen molar-refractivity contribution in [1.29, 1.82) is 0 Å². The van der Waals surface area contributed by atoms with Gasteiger partial charge in [0.2, 0.25) is 0 Å². The molecule has 7 heteroatoms. The topological polar surface area (TPSA) is 70.3 Å². The van der Waals surface area contributed by atoms with Crippen LogP contribution in [0, 0.1) is 5.82 Å². The van der Waals surface area contributed by atoms with E-state index in [2.05, 4.69) is 49.4 Å². The Morgan fingerprint density at radius 1 is 0.929 bits per heavy atom. The molecule has 1 aromatic heterocycles. The number of anilines is 4. The summed E-state index contributed by atoms with van der Waals surface area (Å²) in [4.78, 5) is 13.1. The maximum absolute atomic E-state index is 13.9. The van der Waals surface area contributed by atoms with Crippen molar-refractivity contribution in [2.75, 3.05) is 42.1 Å². The molecule has 0 atom stereocenters. The number of piperazine rings is 1. The van der Waals surface area contributed by atoms with Crippen molar-refractivity contribution in [2.24, 2.45) is 0 Å². The number of nitrogens with two attached hydrogens (primary N) is 1. The molecule has 4 rings (SSSR count). The Morgan fingerprint density at radius 3 is 2.39 bits per heavy atom. The number of rotatable bonds is 5. The van der Waals surface area contributed by atoms with Crippen LogP contribution in [0.4, 0.5) is 27.4 Å². The molecule has 6 nitrogen and oxygen atoms in total. The quantitative estimate of drug-likeness (QED) is 0.710. The summed E-state index contributed by atoms with van der Waals surface area (Å²) >= 11 is 0. The summed E-state index contributed by atoms with van der Waals surface area (Å²) in [6.07, 6.45) is 1.46. The number of nitrogen functional groups attached to an aromatic ring is 1. The van der Waals surface area contributed by atoms with Crippen LogP contribution in [-0.2, 0) is 6.54 Å². The number of halogens is 1. The Labute approximate surface area is 163 Å². The van der Waals surface area contributed by atoms with Crippen molar-refractivity contribution in [1.82, 2.24) is 14.9 Å². The summed E-state index contributed by atoms with van der Waals surface area (Å²) in [6.45, 7) is 4.44. The van der Waals surface area contributed by atoms with Gasteiger partial charge in [0.1, 0.15) is 17.8 Å². The van der Waals surface area contributed by atoms with E-state index in [-0.39, 0.29) is 5.82 Å². The van der Waals surface area contributed by atoms with Gasteiger partial charge in [-0.1, -0.05) is 42.5 Å². The zero-order chi connectivity index (χ0) is 19.3. The highest BCUT2D eigenvalue weighted by Gasteiger charge is 2.21. The second kappa shape index (κ2) is 8.22. The molecule has 0 saturated carbocycles. The highest BCUT2D eigenvalue weighted by molar-refractivity contribution is 5.78. The normalized spacial score (nSPS) is 14.8. The number of nitrogens with one attached hydrogen (secondary N) is 1. The molecule has 0 aliphatic carbocycles. The van der Waals surface area contributed by atoms with E-state index in [1.165, 1.54) is 18.0 Å². The number of hydrogen-bond acceptors (Lipinski definition) is 6. The summed E-state index contributed by atoms with van der Waals surface area (Å²) in [5.74, 6) is 0.756. The maximum Gasteiger partial charge on any atom is 0.159 e. The van der Waals surface area contributed by atoms with Crippen molar-refractivity contribution in [2.45, 2.75) is 6.54 Å². The summed E-state index contributed by atoms with van der Waals surface area (Å²) in [5, 5.41) is 2.97. The molecule has 3 aromatic rings. The molecular weight excluding hydrogens is 355 g/mol. The van der Waals surface area contributed by atoms with Gasteiger partial charge in [0.15, 0.2) is 11.6 Å². The van der Waals surface area contributed by atoms with E-state index in [4.69, 9.17) is 5.73 Å². The van der Waals surface area contributed by atoms with Crippen LogP contribution in [0.5, 0.6) is 0 Å². The van der Waals surface area contributed by atoms with Crippen LogP contribution in [0.25, 0.3) is 0 Å². The van der Waals surface area contributed by atoms with Gasteiger partial charge < -0.3 is 16.0 Å². The van der Waals surface area contributed by atoms with Crippen molar-refractivity contribution in [3.05, 3.63) is 72.3 Å². The third-order valence-corrected chi connectivity index (χ3v) is 4.91. The number of aromatic nitrogens is 2. The second-order valence-corrected chi connectivity index (χ2v) is 6.81. The second-order valence-electron chi connectivity index (χ2n) is 6.81. The monoisotopic (exact) mass is 378 g/mol. The van der Waals surface area contributed by atoms with Crippen LogP contribution in [0.3, 0.4) is 0 Å². The summed E-state index contributed by atoms with van der Waals surface area (Å²) in [7, 11) is 0. The van der Waals surface area contributed by atoms with Gasteiger partial charge in [-0.25, -0.2) is 14.4 Å². The molecule has 0 unspecified atom stereocenters. The van der Waals surface area contributed by atoms with Gasteiger partial charge in [-0.15, -0.1) is 0 Å². The molecule has 0 amide bonds. The largest absolute Gasteiger partial charge is 0.393 e. The fraction of sp³-hybridized carbons (Fsp3) is 0.238. The van der Waals surface area contributed by atoms with Gasteiger partial charge in [0, 0.05) is 32.7 Å². The molecule has 1 saturated heterocycles. The molecule has 0 radical (unpaired) electrons. The summed E-state index contributed by atoms with van der Waals surface area (Å²) in [5.41, 5.74) is 8.39. The lowest BCUT2D eigenvalue weighted by Crippen LogP contribution is -2.46. The number of para-hydroxylation sites is 1. The van der Waals surface area contributed by atoms with Crippen molar-refractivity contribution >= 4 is 23.0 Å². The molecule has 144 valence electrons. The van der Waals surface area contributed by atoms with Crippen LogP contribution >= 0.6 is 0 Å². The minimum atomic E-state index is -0.350. The third kappa shape index (κ3) is 4.04. The van der Waals surface area contributed by atoms with E-state index in [1.807, 2.05) is 6.07 Å². The van der Waals surface area contributed by atoms with E-state index < -0.39 is 0 Å². The van der Waals surface area contributed by atoms with Gasteiger partial charge in [-0.2, -0.15) is 0 Å². The van der Waals surface area contributed by atoms with E-state index in [9.17, 15) is 4.39 Å². The van der Waals surface area contributed by atoms with E-state index in [1.54, 1.807) is 18.2 Å². The number of nitrogens with zero attached hydrogens (tertiary/aromatic N) is 4. The lowest BCUT2D eigenvalue weighted by Gasteiger charge is -2.36. The molecule has 0 spiro atoms.